The highest BCUT2D eigenvalue weighted by Gasteiger charge is 2.23. The first-order valence-electron chi connectivity index (χ1n) is 9.05. The highest BCUT2D eigenvalue weighted by Crippen LogP contribution is 2.26. The molecular weight excluding hydrogens is 258 g/mol. The molecule has 0 bridgehead atoms. The summed E-state index contributed by atoms with van der Waals surface area (Å²) in [6.45, 7) is 2.21. The first-order chi connectivity index (χ1) is 10.4. The van der Waals surface area contributed by atoms with Crippen LogP contribution in [0.4, 0.5) is 0 Å². The molecule has 1 fully saturated rings. The lowest BCUT2D eigenvalue weighted by Crippen LogP contribution is -2.36. The molecule has 0 aromatic carbocycles. The molecule has 0 aliphatic heterocycles. The Morgan fingerprint density at radius 1 is 1.05 bits per heavy atom. The number of nitrogens with one attached hydrogen (secondary N) is 1. The van der Waals surface area contributed by atoms with E-state index in [1.807, 2.05) is 6.20 Å². The van der Waals surface area contributed by atoms with Crippen molar-refractivity contribution >= 4 is 0 Å². The molecule has 21 heavy (non-hydrogen) atoms. The van der Waals surface area contributed by atoms with E-state index < -0.39 is 0 Å². The lowest BCUT2D eigenvalue weighted by molar-refractivity contribution is 0.303. The van der Waals surface area contributed by atoms with Crippen LogP contribution in [0.1, 0.15) is 83.0 Å². The second-order valence-corrected chi connectivity index (χ2v) is 6.47. The van der Waals surface area contributed by atoms with Crippen LogP contribution >= 0.6 is 0 Å². The normalized spacial score (nSPS) is 26.0. The lowest BCUT2D eigenvalue weighted by atomic mass is 9.93. The van der Waals surface area contributed by atoms with Crippen molar-refractivity contribution in [2.75, 3.05) is 7.05 Å². The van der Waals surface area contributed by atoms with Gasteiger partial charge in [0, 0.05) is 24.9 Å². The molecule has 1 aliphatic rings. The molecule has 1 heterocycles. The van der Waals surface area contributed by atoms with Crippen LogP contribution in [0.5, 0.6) is 0 Å². The van der Waals surface area contributed by atoms with Crippen LogP contribution in [-0.2, 0) is 6.42 Å². The summed E-state index contributed by atoms with van der Waals surface area (Å²) >= 11 is 0. The smallest absolute Gasteiger partial charge is 0.108 e. The minimum Gasteiger partial charge on any atom is -0.330 e. The fourth-order valence-electron chi connectivity index (χ4n) is 3.76. The van der Waals surface area contributed by atoms with E-state index >= 15 is 0 Å². The van der Waals surface area contributed by atoms with Gasteiger partial charge in [0.25, 0.3) is 0 Å². The summed E-state index contributed by atoms with van der Waals surface area (Å²) in [5.74, 6) is 1.24. The number of hydrogen-bond acceptors (Lipinski definition) is 2. The average Bonchev–Trinajstić information content (AvgIpc) is 2.96. The SMILES string of the molecule is CCc1nccn1C1CCCCCCCCCCC1NC. The Morgan fingerprint density at radius 2 is 1.67 bits per heavy atom. The number of likely N-dealkylation sites (N-methyl/N-ethyl adjacent to an activating group) is 1. The molecule has 2 unspecified atom stereocenters. The van der Waals surface area contributed by atoms with Gasteiger partial charge in [0.15, 0.2) is 0 Å². The van der Waals surface area contributed by atoms with Gasteiger partial charge >= 0.3 is 0 Å². The molecule has 3 heteroatoms. The average molecular weight is 291 g/mol. The summed E-state index contributed by atoms with van der Waals surface area (Å²) in [5.41, 5.74) is 0. The van der Waals surface area contributed by atoms with Crippen LogP contribution in [0.15, 0.2) is 12.4 Å². The van der Waals surface area contributed by atoms with Gasteiger partial charge in [-0.25, -0.2) is 4.98 Å². The predicted molar refractivity (Wildman–Crippen MR) is 89.7 cm³/mol. The fourth-order valence-corrected chi connectivity index (χ4v) is 3.76. The van der Waals surface area contributed by atoms with Gasteiger partial charge in [-0.15, -0.1) is 0 Å². The minimum absolute atomic E-state index is 0.576. The van der Waals surface area contributed by atoms with Crippen molar-refractivity contribution in [3.8, 4) is 0 Å². The van der Waals surface area contributed by atoms with Gasteiger partial charge in [0.05, 0.1) is 6.04 Å². The van der Waals surface area contributed by atoms with Crippen LogP contribution in [0, 0.1) is 0 Å². The maximum absolute atomic E-state index is 4.54. The van der Waals surface area contributed by atoms with Gasteiger partial charge < -0.3 is 9.88 Å². The van der Waals surface area contributed by atoms with Crippen molar-refractivity contribution in [3.05, 3.63) is 18.2 Å². The number of aromatic nitrogens is 2. The Labute approximate surface area is 130 Å². The van der Waals surface area contributed by atoms with Crippen molar-refractivity contribution in [1.82, 2.24) is 14.9 Å². The van der Waals surface area contributed by atoms with Crippen molar-refractivity contribution in [2.45, 2.75) is 89.6 Å². The topological polar surface area (TPSA) is 29.9 Å². The zero-order valence-corrected chi connectivity index (χ0v) is 14.0. The highest BCUT2D eigenvalue weighted by molar-refractivity contribution is 4.97. The molecule has 1 N–H and O–H groups in total. The Kier molecular flexibility index (Phi) is 7.28. The summed E-state index contributed by atoms with van der Waals surface area (Å²) in [6, 6.07) is 1.16. The lowest BCUT2D eigenvalue weighted by Gasteiger charge is -2.30. The number of nitrogens with zero attached hydrogens (tertiary/aromatic N) is 2. The number of hydrogen-bond donors (Lipinski definition) is 1. The monoisotopic (exact) mass is 291 g/mol. The van der Waals surface area contributed by atoms with E-state index in [1.54, 1.807) is 0 Å². The summed E-state index contributed by atoms with van der Waals surface area (Å²) in [4.78, 5) is 4.54. The Bertz CT molecular complexity index is 386. The third-order valence-electron chi connectivity index (χ3n) is 5.02. The standard InChI is InChI=1S/C18H33N3/c1-3-18-20-14-15-21(18)17-13-11-9-7-5-4-6-8-10-12-16(17)19-2/h14-17,19H,3-13H2,1-2H3. The predicted octanol–water partition coefficient (Wildman–Crippen LogP) is 4.49. The van der Waals surface area contributed by atoms with E-state index in [-0.39, 0.29) is 0 Å². The fraction of sp³-hybridized carbons (Fsp3) is 0.833. The molecule has 1 aromatic heterocycles. The molecule has 2 rings (SSSR count). The third kappa shape index (κ3) is 4.84. The van der Waals surface area contributed by atoms with E-state index in [9.17, 15) is 0 Å². The number of aryl methyl sites for hydroxylation is 1. The first kappa shape index (κ1) is 16.5. The van der Waals surface area contributed by atoms with Crippen LogP contribution < -0.4 is 5.32 Å². The van der Waals surface area contributed by atoms with Gasteiger partial charge in [-0.2, -0.15) is 0 Å². The molecule has 1 aromatic rings. The number of imidazole rings is 1. The van der Waals surface area contributed by atoms with Gasteiger partial charge in [-0.05, 0) is 19.9 Å². The summed E-state index contributed by atoms with van der Waals surface area (Å²) < 4.78 is 2.45. The van der Waals surface area contributed by atoms with E-state index in [2.05, 4.69) is 35.0 Å². The first-order valence-corrected chi connectivity index (χ1v) is 9.05. The van der Waals surface area contributed by atoms with Gasteiger partial charge in [0.1, 0.15) is 5.82 Å². The summed E-state index contributed by atoms with van der Waals surface area (Å²) in [5, 5.41) is 3.60. The second-order valence-electron chi connectivity index (χ2n) is 6.47. The molecule has 120 valence electrons. The van der Waals surface area contributed by atoms with Crippen molar-refractivity contribution in [3.63, 3.8) is 0 Å². The Morgan fingerprint density at radius 3 is 2.29 bits per heavy atom. The van der Waals surface area contributed by atoms with E-state index in [1.165, 1.54) is 70.0 Å². The zero-order valence-electron chi connectivity index (χ0n) is 14.0. The third-order valence-corrected chi connectivity index (χ3v) is 5.02. The maximum atomic E-state index is 4.54. The van der Waals surface area contributed by atoms with Crippen molar-refractivity contribution in [2.24, 2.45) is 0 Å². The molecule has 1 saturated carbocycles. The van der Waals surface area contributed by atoms with Crippen molar-refractivity contribution in [1.29, 1.82) is 0 Å². The molecule has 0 spiro atoms. The zero-order chi connectivity index (χ0) is 14.9. The Balaban J connectivity index is 2.10. The molecule has 0 radical (unpaired) electrons. The van der Waals surface area contributed by atoms with E-state index in [0.717, 1.165) is 6.42 Å². The molecule has 1 aliphatic carbocycles. The molecule has 0 amide bonds. The summed E-state index contributed by atoms with van der Waals surface area (Å²) in [7, 11) is 2.13. The van der Waals surface area contributed by atoms with E-state index in [4.69, 9.17) is 0 Å². The van der Waals surface area contributed by atoms with Gasteiger partial charge in [0.2, 0.25) is 0 Å². The maximum Gasteiger partial charge on any atom is 0.108 e. The Hall–Kier alpha value is -0.830. The molecule has 0 saturated heterocycles. The molecular formula is C18H33N3. The van der Waals surface area contributed by atoms with Crippen LogP contribution in [0.25, 0.3) is 0 Å². The van der Waals surface area contributed by atoms with E-state index in [0.29, 0.717) is 12.1 Å². The highest BCUT2D eigenvalue weighted by atomic mass is 15.1. The summed E-state index contributed by atoms with van der Waals surface area (Å²) in [6.07, 6.45) is 19.0. The number of rotatable bonds is 3. The molecule has 3 nitrogen and oxygen atoms in total. The van der Waals surface area contributed by atoms with Crippen LogP contribution in [0.2, 0.25) is 0 Å². The van der Waals surface area contributed by atoms with Crippen LogP contribution in [-0.4, -0.2) is 22.6 Å². The van der Waals surface area contributed by atoms with Crippen molar-refractivity contribution < 1.29 is 0 Å². The minimum atomic E-state index is 0.576. The largest absolute Gasteiger partial charge is 0.330 e. The van der Waals surface area contributed by atoms with Crippen LogP contribution in [0.3, 0.4) is 0 Å². The molecule has 2 atom stereocenters. The van der Waals surface area contributed by atoms with Gasteiger partial charge in [-0.1, -0.05) is 58.3 Å². The second kappa shape index (κ2) is 9.24. The van der Waals surface area contributed by atoms with Gasteiger partial charge in [-0.3, -0.25) is 0 Å². The quantitative estimate of drug-likeness (QED) is 0.889.